The van der Waals surface area contributed by atoms with Gasteiger partial charge in [-0.15, -0.1) is 0 Å². The standard InChI is InChI=1S/C17H20ClNO2/c1-11(19-2)13-9-8-12(10-15(13)18)14-6-5-7-16(20-3)17(14)21-4/h5-11,19H,1-4H3. The third-order valence-corrected chi connectivity index (χ3v) is 3.94. The highest BCUT2D eigenvalue weighted by atomic mass is 35.5. The molecule has 0 heterocycles. The van der Waals surface area contributed by atoms with Crippen LogP contribution in [0.5, 0.6) is 11.5 Å². The summed E-state index contributed by atoms with van der Waals surface area (Å²) in [7, 11) is 5.19. The van der Waals surface area contributed by atoms with Crippen molar-refractivity contribution in [1.29, 1.82) is 0 Å². The lowest BCUT2D eigenvalue weighted by Crippen LogP contribution is -2.12. The minimum absolute atomic E-state index is 0.207. The molecule has 4 heteroatoms. The Kier molecular flexibility index (Phi) is 5.10. The summed E-state index contributed by atoms with van der Waals surface area (Å²) in [6.07, 6.45) is 0. The minimum Gasteiger partial charge on any atom is -0.493 e. The van der Waals surface area contributed by atoms with E-state index in [9.17, 15) is 0 Å². The molecule has 2 rings (SSSR count). The van der Waals surface area contributed by atoms with Gasteiger partial charge in [0.05, 0.1) is 14.2 Å². The monoisotopic (exact) mass is 305 g/mol. The van der Waals surface area contributed by atoms with Gasteiger partial charge in [0.2, 0.25) is 0 Å². The number of hydrogen-bond acceptors (Lipinski definition) is 3. The van der Waals surface area contributed by atoms with Gasteiger partial charge in [-0.2, -0.15) is 0 Å². The van der Waals surface area contributed by atoms with Crippen LogP contribution < -0.4 is 14.8 Å². The highest BCUT2D eigenvalue weighted by Gasteiger charge is 2.14. The molecule has 1 unspecified atom stereocenters. The van der Waals surface area contributed by atoms with E-state index in [1.54, 1.807) is 14.2 Å². The Balaban J connectivity index is 2.51. The molecule has 0 amide bonds. The third-order valence-electron chi connectivity index (χ3n) is 3.61. The van der Waals surface area contributed by atoms with Gasteiger partial charge in [-0.05, 0) is 37.2 Å². The van der Waals surface area contributed by atoms with Crippen molar-refractivity contribution in [2.24, 2.45) is 0 Å². The molecule has 2 aromatic carbocycles. The van der Waals surface area contributed by atoms with E-state index in [4.69, 9.17) is 21.1 Å². The van der Waals surface area contributed by atoms with Crippen LogP contribution in [0.1, 0.15) is 18.5 Å². The highest BCUT2D eigenvalue weighted by molar-refractivity contribution is 6.31. The lowest BCUT2D eigenvalue weighted by atomic mass is 10.00. The van der Waals surface area contributed by atoms with E-state index >= 15 is 0 Å². The van der Waals surface area contributed by atoms with Gasteiger partial charge in [0.25, 0.3) is 0 Å². The highest BCUT2D eigenvalue weighted by Crippen LogP contribution is 2.39. The zero-order chi connectivity index (χ0) is 15.4. The van der Waals surface area contributed by atoms with Gasteiger partial charge in [-0.1, -0.05) is 35.9 Å². The molecule has 3 nitrogen and oxygen atoms in total. The first-order valence-electron chi connectivity index (χ1n) is 6.80. The number of hydrogen-bond donors (Lipinski definition) is 1. The quantitative estimate of drug-likeness (QED) is 0.893. The van der Waals surface area contributed by atoms with Crippen molar-refractivity contribution < 1.29 is 9.47 Å². The predicted molar refractivity (Wildman–Crippen MR) is 87.5 cm³/mol. The molecule has 1 atom stereocenters. The maximum atomic E-state index is 6.41. The third kappa shape index (κ3) is 3.14. The summed E-state index contributed by atoms with van der Waals surface area (Å²) in [6.45, 7) is 2.08. The van der Waals surface area contributed by atoms with Gasteiger partial charge in [0.1, 0.15) is 0 Å². The lowest BCUT2D eigenvalue weighted by molar-refractivity contribution is 0.356. The fourth-order valence-electron chi connectivity index (χ4n) is 2.32. The van der Waals surface area contributed by atoms with Crippen molar-refractivity contribution in [2.75, 3.05) is 21.3 Å². The predicted octanol–water partition coefficient (Wildman–Crippen LogP) is 4.30. The average Bonchev–Trinajstić information content (AvgIpc) is 2.53. The van der Waals surface area contributed by atoms with Crippen molar-refractivity contribution in [3.8, 4) is 22.6 Å². The summed E-state index contributed by atoms with van der Waals surface area (Å²) in [4.78, 5) is 0. The minimum atomic E-state index is 0.207. The number of halogens is 1. The molecule has 0 fully saturated rings. The van der Waals surface area contributed by atoms with Crippen LogP contribution in [0.4, 0.5) is 0 Å². The SMILES string of the molecule is CNC(C)c1ccc(-c2cccc(OC)c2OC)cc1Cl. The molecule has 0 aliphatic heterocycles. The van der Waals surface area contributed by atoms with Crippen molar-refractivity contribution in [3.05, 3.63) is 47.0 Å². The Hall–Kier alpha value is -1.71. The smallest absolute Gasteiger partial charge is 0.168 e. The second-order valence-corrected chi connectivity index (χ2v) is 5.19. The number of rotatable bonds is 5. The van der Waals surface area contributed by atoms with Gasteiger partial charge < -0.3 is 14.8 Å². The van der Waals surface area contributed by atoms with Crippen LogP contribution >= 0.6 is 11.6 Å². The molecule has 0 saturated carbocycles. The summed E-state index contributed by atoms with van der Waals surface area (Å²) >= 11 is 6.41. The Morgan fingerprint density at radius 1 is 1.10 bits per heavy atom. The Morgan fingerprint density at radius 3 is 2.43 bits per heavy atom. The van der Waals surface area contributed by atoms with E-state index in [0.29, 0.717) is 11.5 Å². The van der Waals surface area contributed by atoms with Crippen LogP contribution in [0.3, 0.4) is 0 Å². The number of para-hydroxylation sites is 1. The van der Waals surface area contributed by atoms with Crippen molar-refractivity contribution in [3.63, 3.8) is 0 Å². The number of ether oxygens (including phenoxy) is 2. The van der Waals surface area contributed by atoms with Gasteiger partial charge in [-0.3, -0.25) is 0 Å². The average molecular weight is 306 g/mol. The van der Waals surface area contributed by atoms with E-state index in [0.717, 1.165) is 21.7 Å². The summed E-state index contributed by atoms with van der Waals surface area (Å²) in [5.41, 5.74) is 3.04. The van der Waals surface area contributed by atoms with E-state index < -0.39 is 0 Å². The molecule has 112 valence electrons. The van der Waals surface area contributed by atoms with Crippen LogP contribution in [0, 0.1) is 0 Å². The van der Waals surface area contributed by atoms with Crippen molar-refractivity contribution >= 4 is 11.6 Å². The molecule has 21 heavy (non-hydrogen) atoms. The van der Waals surface area contributed by atoms with E-state index in [-0.39, 0.29) is 6.04 Å². The van der Waals surface area contributed by atoms with Gasteiger partial charge in [0.15, 0.2) is 11.5 Å². The summed E-state index contributed by atoms with van der Waals surface area (Å²) in [6, 6.07) is 12.1. The molecule has 0 aromatic heterocycles. The van der Waals surface area contributed by atoms with Crippen LogP contribution in [0.15, 0.2) is 36.4 Å². The van der Waals surface area contributed by atoms with Crippen LogP contribution in [-0.2, 0) is 0 Å². The molecule has 1 N–H and O–H groups in total. The molecular formula is C17H20ClNO2. The Bertz CT molecular complexity index is 628. The van der Waals surface area contributed by atoms with Gasteiger partial charge in [-0.25, -0.2) is 0 Å². The van der Waals surface area contributed by atoms with Crippen LogP contribution in [-0.4, -0.2) is 21.3 Å². The molecule has 2 aromatic rings. The second kappa shape index (κ2) is 6.83. The lowest BCUT2D eigenvalue weighted by Gasteiger charge is -2.16. The maximum Gasteiger partial charge on any atom is 0.168 e. The molecule has 0 radical (unpaired) electrons. The zero-order valence-electron chi connectivity index (χ0n) is 12.7. The van der Waals surface area contributed by atoms with Gasteiger partial charge >= 0.3 is 0 Å². The summed E-state index contributed by atoms with van der Waals surface area (Å²) < 4.78 is 10.8. The fraction of sp³-hybridized carbons (Fsp3) is 0.294. The molecule has 0 aliphatic carbocycles. The number of nitrogens with one attached hydrogen (secondary N) is 1. The maximum absolute atomic E-state index is 6.41. The largest absolute Gasteiger partial charge is 0.493 e. The first-order chi connectivity index (χ1) is 10.1. The number of methoxy groups -OCH3 is 2. The summed E-state index contributed by atoms with van der Waals surface area (Å²) in [5.74, 6) is 1.42. The van der Waals surface area contributed by atoms with Crippen molar-refractivity contribution in [2.45, 2.75) is 13.0 Å². The zero-order valence-corrected chi connectivity index (χ0v) is 13.5. The summed E-state index contributed by atoms with van der Waals surface area (Å²) in [5, 5.41) is 3.93. The first kappa shape index (κ1) is 15.7. The van der Waals surface area contributed by atoms with E-state index in [1.165, 1.54) is 0 Å². The first-order valence-corrected chi connectivity index (χ1v) is 7.18. The Labute approximate surface area is 130 Å². The van der Waals surface area contributed by atoms with Crippen LogP contribution in [0.25, 0.3) is 11.1 Å². The molecule has 0 saturated heterocycles. The molecular weight excluding hydrogens is 286 g/mol. The number of benzene rings is 2. The second-order valence-electron chi connectivity index (χ2n) is 4.79. The van der Waals surface area contributed by atoms with Crippen LogP contribution in [0.2, 0.25) is 5.02 Å². The van der Waals surface area contributed by atoms with E-state index in [1.807, 2.05) is 43.4 Å². The van der Waals surface area contributed by atoms with E-state index in [2.05, 4.69) is 12.2 Å². The molecule has 0 aliphatic rings. The molecule has 0 spiro atoms. The fourth-order valence-corrected chi connectivity index (χ4v) is 2.66. The normalized spacial score (nSPS) is 12.0. The molecule has 0 bridgehead atoms. The van der Waals surface area contributed by atoms with Gasteiger partial charge in [0, 0.05) is 16.6 Å². The topological polar surface area (TPSA) is 30.5 Å². The Morgan fingerprint density at radius 2 is 1.86 bits per heavy atom. The van der Waals surface area contributed by atoms with Crippen molar-refractivity contribution in [1.82, 2.24) is 5.32 Å².